The van der Waals surface area contributed by atoms with Gasteiger partial charge < -0.3 is 10.6 Å². The summed E-state index contributed by atoms with van der Waals surface area (Å²) in [5, 5.41) is 5.99. The summed E-state index contributed by atoms with van der Waals surface area (Å²) >= 11 is 0. The Bertz CT molecular complexity index is 485. The molecule has 116 valence electrons. The van der Waals surface area contributed by atoms with Crippen LogP contribution in [-0.4, -0.2) is 19.0 Å². The molecule has 1 aromatic carbocycles. The maximum atomic E-state index is 12.4. The van der Waals surface area contributed by atoms with Crippen molar-refractivity contribution < 1.29 is 18.0 Å². The number of nitrogens with one attached hydrogen (secondary N) is 2. The fraction of sp³-hybridized carbons (Fsp3) is 0.533. The van der Waals surface area contributed by atoms with E-state index < -0.39 is 11.7 Å². The van der Waals surface area contributed by atoms with Crippen LogP contribution in [0.5, 0.6) is 0 Å². The molecule has 6 heteroatoms. The molecule has 1 aromatic rings. The van der Waals surface area contributed by atoms with Crippen LogP contribution in [0, 0.1) is 11.8 Å². The van der Waals surface area contributed by atoms with Gasteiger partial charge in [-0.05, 0) is 36.6 Å². The van der Waals surface area contributed by atoms with E-state index in [1.54, 1.807) is 0 Å². The van der Waals surface area contributed by atoms with Gasteiger partial charge >= 0.3 is 6.18 Å². The minimum absolute atomic E-state index is 0.0473. The molecule has 0 aliphatic carbocycles. The maximum Gasteiger partial charge on any atom is 0.416 e. The lowest BCUT2D eigenvalue weighted by Gasteiger charge is -2.26. The smallest absolute Gasteiger partial charge is 0.352 e. The molecular weight excluding hydrogens is 281 g/mol. The molecule has 1 saturated heterocycles. The first kappa shape index (κ1) is 15.8. The van der Waals surface area contributed by atoms with E-state index >= 15 is 0 Å². The molecule has 1 aliphatic heterocycles. The monoisotopic (exact) mass is 300 g/mol. The average molecular weight is 300 g/mol. The normalized spacial score (nSPS) is 22.9. The number of benzene rings is 1. The number of alkyl halides is 3. The van der Waals surface area contributed by atoms with Crippen LogP contribution >= 0.6 is 0 Å². The van der Waals surface area contributed by atoms with Gasteiger partial charge in [0.25, 0.3) is 0 Å². The number of carbonyl (C=O) groups excluding carboxylic acids is 1. The molecule has 1 aliphatic rings. The lowest BCUT2D eigenvalue weighted by Crippen LogP contribution is -2.43. The van der Waals surface area contributed by atoms with Crippen LogP contribution in [0.2, 0.25) is 0 Å². The zero-order valence-electron chi connectivity index (χ0n) is 11.8. The highest BCUT2D eigenvalue weighted by atomic mass is 19.4. The first-order chi connectivity index (χ1) is 9.86. The van der Waals surface area contributed by atoms with Crippen molar-refractivity contribution in [3.05, 3.63) is 35.4 Å². The van der Waals surface area contributed by atoms with Crippen LogP contribution in [0.4, 0.5) is 13.2 Å². The van der Waals surface area contributed by atoms with Gasteiger partial charge in [-0.25, -0.2) is 0 Å². The maximum absolute atomic E-state index is 12.4. The van der Waals surface area contributed by atoms with Crippen LogP contribution in [0.3, 0.4) is 0 Å². The molecule has 1 heterocycles. The van der Waals surface area contributed by atoms with Crippen LogP contribution < -0.4 is 10.6 Å². The number of hydrogen-bond acceptors (Lipinski definition) is 2. The minimum Gasteiger partial charge on any atom is -0.352 e. The molecule has 2 atom stereocenters. The van der Waals surface area contributed by atoms with Gasteiger partial charge in [0.05, 0.1) is 11.5 Å². The Balaban J connectivity index is 1.86. The van der Waals surface area contributed by atoms with Crippen LogP contribution in [-0.2, 0) is 17.5 Å². The summed E-state index contributed by atoms with van der Waals surface area (Å²) in [5.41, 5.74) is -0.0175. The lowest BCUT2D eigenvalue weighted by molar-refractivity contribution is -0.137. The number of piperidine rings is 1. The molecule has 1 fully saturated rings. The van der Waals surface area contributed by atoms with E-state index in [1.165, 1.54) is 12.1 Å². The summed E-state index contributed by atoms with van der Waals surface area (Å²) in [6.07, 6.45) is -3.49. The predicted octanol–water partition coefficient (Wildman–Crippen LogP) is 2.57. The van der Waals surface area contributed by atoms with Gasteiger partial charge in [0.2, 0.25) is 5.91 Å². The second-order valence-electron chi connectivity index (χ2n) is 5.61. The van der Waals surface area contributed by atoms with Crippen molar-refractivity contribution in [1.29, 1.82) is 0 Å². The van der Waals surface area contributed by atoms with Gasteiger partial charge in [-0.1, -0.05) is 19.1 Å². The van der Waals surface area contributed by atoms with E-state index in [4.69, 9.17) is 0 Å². The topological polar surface area (TPSA) is 41.1 Å². The largest absolute Gasteiger partial charge is 0.416 e. The van der Waals surface area contributed by atoms with Crippen molar-refractivity contribution in [1.82, 2.24) is 10.6 Å². The summed E-state index contributed by atoms with van der Waals surface area (Å²) in [5.74, 6) is 0.345. The number of carbonyl (C=O) groups is 1. The van der Waals surface area contributed by atoms with E-state index in [2.05, 4.69) is 17.6 Å². The van der Waals surface area contributed by atoms with Gasteiger partial charge in [0, 0.05) is 13.1 Å². The van der Waals surface area contributed by atoms with Crippen molar-refractivity contribution in [2.75, 3.05) is 13.1 Å². The van der Waals surface area contributed by atoms with E-state index in [9.17, 15) is 18.0 Å². The van der Waals surface area contributed by atoms with Gasteiger partial charge in [-0.3, -0.25) is 4.79 Å². The highest BCUT2D eigenvalue weighted by molar-refractivity contribution is 5.79. The Morgan fingerprint density at radius 3 is 2.52 bits per heavy atom. The van der Waals surface area contributed by atoms with Crippen molar-refractivity contribution in [2.24, 2.45) is 11.8 Å². The van der Waals surface area contributed by atoms with Crippen molar-refractivity contribution in [3.63, 3.8) is 0 Å². The average Bonchev–Trinajstić information content (AvgIpc) is 2.44. The van der Waals surface area contributed by atoms with E-state index in [0.717, 1.165) is 25.1 Å². The third kappa shape index (κ3) is 4.46. The quantitative estimate of drug-likeness (QED) is 0.901. The summed E-state index contributed by atoms with van der Waals surface area (Å²) in [7, 11) is 0. The highest BCUT2D eigenvalue weighted by Crippen LogP contribution is 2.29. The summed E-state index contributed by atoms with van der Waals surface area (Å²) in [4.78, 5) is 12.0. The summed E-state index contributed by atoms with van der Waals surface area (Å²) < 4.78 is 37.3. The number of hydrogen-bond donors (Lipinski definition) is 2. The predicted molar refractivity (Wildman–Crippen MR) is 73.4 cm³/mol. The zero-order valence-corrected chi connectivity index (χ0v) is 11.8. The Morgan fingerprint density at radius 2 is 1.95 bits per heavy atom. The molecule has 2 rings (SSSR count). The first-order valence-electron chi connectivity index (χ1n) is 7.01. The lowest BCUT2D eigenvalue weighted by atomic mass is 9.91. The van der Waals surface area contributed by atoms with Crippen LogP contribution in [0.25, 0.3) is 0 Å². The SMILES string of the molecule is CC1CNCC(C(=O)NCc2ccc(C(F)(F)F)cc2)C1. The molecule has 0 saturated carbocycles. The van der Waals surface area contributed by atoms with E-state index in [1.807, 2.05) is 0 Å². The molecule has 0 spiro atoms. The molecule has 0 bridgehead atoms. The number of amides is 1. The number of rotatable bonds is 3. The summed E-state index contributed by atoms with van der Waals surface area (Å²) in [6, 6.07) is 4.85. The third-order valence-corrected chi connectivity index (χ3v) is 3.69. The van der Waals surface area contributed by atoms with Crippen molar-refractivity contribution in [3.8, 4) is 0 Å². The van der Waals surface area contributed by atoms with E-state index in [0.29, 0.717) is 18.0 Å². The second kappa shape index (κ2) is 6.47. The zero-order chi connectivity index (χ0) is 15.5. The summed E-state index contributed by atoms with van der Waals surface area (Å²) in [6.45, 7) is 3.91. The highest BCUT2D eigenvalue weighted by Gasteiger charge is 2.30. The van der Waals surface area contributed by atoms with Gasteiger partial charge in [-0.2, -0.15) is 13.2 Å². The molecule has 0 aromatic heterocycles. The Kier molecular flexibility index (Phi) is 4.88. The molecule has 1 amide bonds. The molecule has 21 heavy (non-hydrogen) atoms. The fourth-order valence-corrected chi connectivity index (χ4v) is 2.50. The first-order valence-corrected chi connectivity index (χ1v) is 7.01. The third-order valence-electron chi connectivity index (χ3n) is 3.69. The molecule has 2 unspecified atom stereocenters. The van der Waals surface area contributed by atoms with Crippen molar-refractivity contribution in [2.45, 2.75) is 26.1 Å². The van der Waals surface area contributed by atoms with Crippen LogP contribution in [0.15, 0.2) is 24.3 Å². The Morgan fingerprint density at radius 1 is 1.29 bits per heavy atom. The van der Waals surface area contributed by atoms with Gasteiger partial charge in [0.15, 0.2) is 0 Å². The molecule has 0 radical (unpaired) electrons. The molecular formula is C15H19F3N2O. The molecule has 3 nitrogen and oxygen atoms in total. The standard InChI is InChI=1S/C15H19F3N2O/c1-10-6-12(9-19-7-10)14(21)20-8-11-2-4-13(5-3-11)15(16,17)18/h2-5,10,12,19H,6-9H2,1H3,(H,20,21). The van der Waals surface area contributed by atoms with Gasteiger partial charge in [0.1, 0.15) is 0 Å². The second-order valence-corrected chi connectivity index (χ2v) is 5.61. The van der Waals surface area contributed by atoms with Crippen molar-refractivity contribution >= 4 is 5.91 Å². The van der Waals surface area contributed by atoms with Crippen LogP contribution in [0.1, 0.15) is 24.5 Å². The Hall–Kier alpha value is -1.56. The molecule has 2 N–H and O–H groups in total. The van der Waals surface area contributed by atoms with E-state index in [-0.39, 0.29) is 18.4 Å². The fourth-order valence-electron chi connectivity index (χ4n) is 2.50. The Labute approximate surface area is 121 Å². The van der Waals surface area contributed by atoms with Gasteiger partial charge in [-0.15, -0.1) is 0 Å². The number of halogens is 3. The minimum atomic E-state index is -4.33.